The van der Waals surface area contributed by atoms with E-state index in [1.54, 1.807) is 19.9 Å². The highest BCUT2D eigenvalue weighted by Gasteiger charge is 2.42. The van der Waals surface area contributed by atoms with Crippen LogP contribution in [0, 0.1) is 11.3 Å². The number of hydrogen-bond donors (Lipinski definition) is 1. The Morgan fingerprint density at radius 3 is 2.40 bits per heavy atom. The van der Waals surface area contributed by atoms with E-state index in [1.165, 1.54) is 0 Å². The lowest BCUT2D eigenvalue weighted by atomic mass is 10.1. The molecular formula is C20H25N5O3S2. The SMILES string of the molecule is CCN(CC)c1ccc(/C=C2/C(=N)N3C(=NC2=O)SN=C3S(=O)(=O)CC(C)C)cc1. The molecule has 0 fully saturated rings. The lowest BCUT2D eigenvalue weighted by Crippen LogP contribution is -2.46. The van der Waals surface area contributed by atoms with Gasteiger partial charge in [-0.25, -0.2) is 13.3 Å². The second-order valence-electron chi connectivity index (χ2n) is 7.35. The van der Waals surface area contributed by atoms with E-state index in [0.29, 0.717) is 0 Å². The number of nitrogens with zero attached hydrogens (tertiary/aromatic N) is 4. The highest BCUT2D eigenvalue weighted by molar-refractivity contribution is 8.16. The van der Waals surface area contributed by atoms with E-state index in [9.17, 15) is 13.2 Å². The van der Waals surface area contributed by atoms with Crippen molar-refractivity contribution in [3.8, 4) is 0 Å². The molecule has 3 rings (SSSR count). The van der Waals surface area contributed by atoms with Crippen LogP contribution in [0.1, 0.15) is 33.3 Å². The van der Waals surface area contributed by atoms with Crippen LogP contribution in [0.15, 0.2) is 39.2 Å². The summed E-state index contributed by atoms with van der Waals surface area (Å²) in [5, 5.41) is 8.37. The Labute approximate surface area is 181 Å². The van der Waals surface area contributed by atoms with Crippen molar-refractivity contribution in [2.45, 2.75) is 27.7 Å². The largest absolute Gasteiger partial charge is 0.372 e. The first kappa shape index (κ1) is 22.2. The van der Waals surface area contributed by atoms with Crippen LogP contribution in [0.2, 0.25) is 0 Å². The molecule has 1 aromatic carbocycles. The molecule has 8 nitrogen and oxygen atoms in total. The van der Waals surface area contributed by atoms with Crippen molar-refractivity contribution in [1.82, 2.24) is 4.90 Å². The first-order valence-corrected chi connectivity index (χ1v) is 12.2. The van der Waals surface area contributed by atoms with E-state index < -0.39 is 15.7 Å². The third-order valence-electron chi connectivity index (χ3n) is 4.66. The minimum Gasteiger partial charge on any atom is -0.372 e. The van der Waals surface area contributed by atoms with Gasteiger partial charge >= 0.3 is 0 Å². The van der Waals surface area contributed by atoms with Crippen LogP contribution in [-0.2, 0) is 14.6 Å². The van der Waals surface area contributed by atoms with Gasteiger partial charge in [0.2, 0.25) is 20.2 Å². The Hall–Kier alpha value is -2.46. The van der Waals surface area contributed by atoms with Crippen LogP contribution >= 0.6 is 11.9 Å². The second kappa shape index (κ2) is 8.73. The normalized spacial score (nSPS) is 18.0. The molecule has 0 bridgehead atoms. The number of amidine groups is 3. The highest BCUT2D eigenvalue weighted by Crippen LogP contribution is 2.30. The van der Waals surface area contributed by atoms with Crippen molar-refractivity contribution in [3.05, 3.63) is 35.4 Å². The number of anilines is 1. The topological polar surface area (TPSA) is 106 Å². The molecule has 0 saturated carbocycles. The summed E-state index contributed by atoms with van der Waals surface area (Å²) < 4.78 is 29.4. The molecule has 0 spiro atoms. The van der Waals surface area contributed by atoms with Crippen LogP contribution in [0.4, 0.5) is 5.69 Å². The van der Waals surface area contributed by atoms with Gasteiger partial charge < -0.3 is 4.90 Å². The number of nitrogens with one attached hydrogen (secondary N) is 1. The van der Waals surface area contributed by atoms with Crippen molar-refractivity contribution in [2.24, 2.45) is 15.3 Å². The van der Waals surface area contributed by atoms with Crippen LogP contribution in [0.25, 0.3) is 6.08 Å². The number of sulfone groups is 1. The number of amides is 1. The van der Waals surface area contributed by atoms with Gasteiger partial charge in [-0.2, -0.15) is 9.39 Å². The highest BCUT2D eigenvalue weighted by atomic mass is 32.2. The van der Waals surface area contributed by atoms with Crippen LogP contribution in [0.5, 0.6) is 0 Å². The minimum absolute atomic E-state index is 0.0317. The van der Waals surface area contributed by atoms with Crippen molar-refractivity contribution < 1.29 is 13.2 Å². The minimum atomic E-state index is -3.71. The number of carbonyl (C=O) groups excluding carboxylic acids is 1. The summed E-state index contributed by atoms with van der Waals surface area (Å²) >= 11 is 0.805. The zero-order chi connectivity index (χ0) is 22.1. The molecule has 160 valence electrons. The zero-order valence-electron chi connectivity index (χ0n) is 17.4. The first-order chi connectivity index (χ1) is 14.2. The maximum absolute atomic E-state index is 12.7. The average molecular weight is 448 g/mol. The monoisotopic (exact) mass is 447 g/mol. The Kier molecular flexibility index (Phi) is 6.47. The fraction of sp³-hybridized carbons (Fsp3) is 0.400. The predicted molar refractivity (Wildman–Crippen MR) is 124 cm³/mol. The number of fused-ring (bicyclic) bond motifs is 1. The molecule has 2 aliphatic heterocycles. The second-order valence-corrected chi connectivity index (χ2v) is 10.0. The summed E-state index contributed by atoms with van der Waals surface area (Å²) in [6, 6.07) is 7.64. The van der Waals surface area contributed by atoms with Crippen molar-refractivity contribution in [3.63, 3.8) is 0 Å². The van der Waals surface area contributed by atoms with Crippen molar-refractivity contribution in [1.29, 1.82) is 5.41 Å². The molecule has 1 N–H and O–H groups in total. The predicted octanol–water partition coefficient (Wildman–Crippen LogP) is 3.18. The Morgan fingerprint density at radius 1 is 1.20 bits per heavy atom. The van der Waals surface area contributed by atoms with Crippen LogP contribution in [-0.4, -0.2) is 54.2 Å². The van der Waals surface area contributed by atoms with E-state index in [1.807, 2.05) is 24.3 Å². The van der Waals surface area contributed by atoms with Gasteiger partial charge in [0, 0.05) is 18.8 Å². The first-order valence-electron chi connectivity index (χ1n) is 9.74. The van der Waals surface area contributed by atoms with Crippen molar-refractivity contribution in [2.75, 3.05) is 23.7 Å². The maximum atomic E-state index is 12.7. The molecule has 0 aliphatic carbocycles. The molecule has 1 aromatic rings. The lowest BCUT2D eigenvalue weighted by molar-refractivity contribution is -0.114. The molecule has 2 heterocycles. The Morgan fingerprint density at radius 2 is 1.83 bits per heavy atom. The number of rotatable bonds is 6. The summed E-state index contributed by atoms with van der Waals surface area (Å²) in [6.45, 7) is 9.53. The van der Waals surface area contributed by atoms with Crippen LogP contribution in [0.3, 0.4) is 0 Å². The number of aliphatic imine (C=N–C) groups is 1. The molecule has 0 aromatic heterocycles. The smallest absolute Gasteiger partial charge is 0.283 e. The van der Waals surface area contributed by atoms with Gasteiger partial charge in [0.1, 0.15) is 5.84 Å². The Balaban J connectivity index is 1.92. The van der Waals surface area contributed by atoms with E-state index in [2.05, 4.69) is 28.1 Å². The van der Waals surface area contributed by atoms with Gasteiger partial charge in [0.15, 0.2) is 0 Å². The molecule has 0 unspecified atom stereocenters. The van der Waals surface area contributed by atoms with E-state index >= 15 is 0 Å². The van der Waals surface area contributed by atoms with E-state index in [-0.39, 0.29) is 33.4 Å². The summed E-state index contributed by atoms with van der Waals surface area (Å²) in [5.74, 6) is -0.995. The number of carbonyl (C=O) groups is 1. The maximum Gasteiger partial charge on any atom is 0.283 e. The third-order valence-corrected chi connectivity index (χ3v) is 7.41. The number of hydrogen-bond acceptors (Lipinski definition) is 7. The van der Waals surface area contributed by atoms with Gasteiger partial charge in [-0.05, 0) is 43.5 Å². The standard InChI is InChI=1S/C20H25N5O3S2/c1-5-24(6-2)15-9-7-14(8-10-15)11-16-17(21)25-19(22-18(16)26)29-23-20(25)30(27,28)12-13(3)4/h7-11,13,21H,5-6,12H2,1-4H3/b16-11-,21-17?. The summed E-state index contributed by atoms with van der Waals surface area (Å²) in [5.41, 5.74) is 1.83. The Bertz CT molecular complexity index is 1050. The lowest BCUT2D eigenvalue weighted by Gasteiger charge is -2.25. The molecular weight excluding hydrogens is 422 g/mol. The third kappa shape index (κ3) is 4.34. The zero-order valence-corrected chi connectivity index (χ0v) is 19.0. The molecule has 30 heavy (non-hydrogen) atoms. The quantitative estimate of drug-likeness (QED) is 0.530. The van der Waals surface area contributed by atoms with E-state index in [0.717, 1.165) is 41.2 Å². The molecule has 10 heteroatoms. The van der Waals surface area contributed by atoms with Crippen molar-refractivity contribution >= 4 is 55.6 Å². The molecule has 0 atom stereocenters. The number of benzene rings is 1. The molecule has 1 amide bonds. The fourth-order valence-corrected chi connectivity index (χ4v) is 5.98. The van der Waals surface area contributed by atoms with Gasteiger partial charge in [-0.3, -0.25) is 10.2 Å². The van der Waals surface area contributed by atoms with Gasteiger partial charge in [0.05, 0.1) is 23.3 Å². The molecule has 0 saturated heterocycles. The van der Waals surface area contributed by atoms with E-state index in [4.69, 9.17) is 5.41 Å². The fourth-order valence-electron chi connectivity index (χ4n) is 3.25. The van der Waals surface area contributed by atoms with Gasteiger partial charge in [0.25, 0.3) is 5.91 Å². The molecule has 0 radical (unpaired) electrons. The van der Waals surface area contributed by atoms with Gasteiger partial charge in [-0.1, -0.05) is 26.0 Å². The summed E-state index contributed by atoms with van der Waals surface area (Å²) in [7, 11) is -3.71. The average Bonchev–Trinajstić information content (AvgIpc) is 3.11. The summed E-state index contributed by atoms with van der Waals surface area (Å²) in [4.78, 5) is 19.8. The summed E-state index contributed by atoms with van der Waals surface area (Å²) in [6.07, 6.45) is 1.56. The van der Waals surface area contributed by atoms with Gasteiger partial charge in [-0.15, -0.1) is 0 Å². The van der Waals surface area contributed by atoms with Crippen LogP contribution < -0.4 is 4.90 Å². The molecule has 2 aliphatic rings.